The molecule has 0 saturated heterocycles. The van der Waals surface area contributed by atoms with Crippen LogP contribution in [-0.2, 0) is 28.6 Å². The SMILES string of the molecule is CC/C=C\C/C=C\C/C=C\C/C=C\C/C=C\C/C=C\C/C=C\CCCCCCCCCC(=O)OCC(COC(=O)CCCC/C=C\C/C=C\C/C=C\C/C=C\CC)OC(=O)C/C=C\C/C=C\C/C=C\C/C=C\C/C=C\CC. The highest BCUT2D eigenvalue weighted by Crippen LogP contribution is 2.12. The molecule has 77 heavy (non-hydrogen) atoms. The van der Waals surface area contributed by atoms with Gasteiger partial charge in [-0.3, -0.25) is 14.4 Å². The second-order valence-corrected chi connectivity index (χ2v) is 18.8. The van der Waals surface area contributed by atoms with Crippen LogP contribution in [0.15, 0.2) is 194 Å². The maximum atomic E-state index is 12.8. The number of allylic oxidation sites excluding steroid dienone is 31. The van der Waals surface area contributed by atoms with E-state index in [9.17, 15) is 14.4 Å². The number of carbonyl (C=O) groups excluding carboxylic acids is 3. The number of hydrogen-bond acceptors (Lipinski definition) is 6. The zero-order chi connectivity index (χ0) is 55.7. The molecule has 0 fully saturated rings. The minimum absolute atomic E-state index is 0.0744. The second kappa shape index (κ2) is 62.8. The lowest BCUT2D eigenvalue weighted by Gasteiger charge is -2.18. The highest BCUT2D eigenvalue weighted by molar-refractivity contribution is 5.72. The zero-order valence-electron chi connectivity index (χ0n) is 48.6. The van der Waals surface area contributed by atoms with Gasteiger partial charge in [0.25, 0.3) is 0 Å². The quantitative estimate of drug-likeness (QED) is 0.0261. The maximum Gasteiger partial charge on any atom is 0.310 e. The van der Waals surface area contributed by atoms with Crippen LogP contribution in [0.1, 0.15) is 213 Å². The van der Waals surface area contributed by atoms with Crippen molar-refractivity contribution >= 4 is 17.9 Å². The van der Waals surface area contributed by atoms with Crippen LogP contribution in [0.25, 0.3) is 0 Å². The summed E-state index contributed by atoms with van der Waals surface area (Å²) in [6.07, 6.45) is 96.0. The first kappa shape index (κ1) is 71.2. The van der Waals surface area contributed by atoms with Crippen molar-refractivity contribution in [3.63, 3.8) is 0 Å². The molecule has 426 valence electrons. The number of esters is 3. The van der Waals surface area contributed by atoms with E-state index in [1.54, 1.807) is 6.08 Å². The number of unbranched alkanes of at least 4 members (excludes halogenated alkanes) is 9. The molecule has 0 aliphatic rings. The third-order valence-corrected chi connectivity index (χ3v) is 11.6. The summed E-state index contributed by atoms with van der Waals surface area (Å²) in [5, 5.41) is 0. The molecule has 0 bridgehead atoms. The average Bonchev–Trinajstić information content (AvgIpc) is 3.43. The van der Waals surface area contributed by atoms with E-state index >= 15 is 0 Å². The standard InChI is InChI=1S/C71H106O6/c1-4-7-10-13-16-19-22-25-28-29-30-31-32-33-34-35-36-37-38-39-40-41-44-46-49-52-55-58-61-64-70(73)76-67-68(77-71(74)65-62-59-56-53-50-47-43-27-24-21-18-15-12-9-6-3)66-75-69(72)63-60-57-54-51-48-45-42-26-23-20-17-14-11-8-5-2/h7-12,16-21,25-28,30-31,33-34,36-37,39-40,42-43,48,50-51,53,59,62,68H,4-6,13-15,22-24,29,32,35,38,41,44-47,49,52,54-58,60-61,63-67H2,1-3H3/b10-7-,11-8-,12-9-,19-16-,20-17-,21-18-,28-25-,31-30-,34-33-,37-36-,40-39-,42-26-,43-27-,51-48-,53-50-,62-59-. The Morgan fingerprint density at radius 2 is 0.506 bits per heavy atom. The number of ether oxygens (including phenoxy) is 3. The molecule has 0 aromatic heterocycles. The van der Waals surface area contributed by atoms with E-state index in [4.69, 9.17) is 14.2 Å². The first-order chi connectivity index (χ1) is 38.0. The summed E-state index contributed by atoms with van der Waals surface area (Å²) in [7, 11) is 0. The molecule has 0 N–H and O–H groups in total. The molecular weight excluding hydrogens is 949 g/mol. The molecule has 0 radical (unpaired) electrons. The molecule has 1 atom stereocenters. The predicted molar refractivity (Wildman–Crippen MR) is 334 cm³/mol. The highest BCUT2D eigenvalue weighted by Gasteiger charge is 2.19. The van der Waals surface area contributed by atoms with Gasteiger partial charge >= 0.3 is 17.9 Å². The molecule has 0 aliphatic carbocycles. The smallest absolute Gasteiger partial charge is 0.310 e. The van der Waals surface area contributed by atoms with Gasteiger partial charge in [-0.05, 0) is 141 Å². The molecule has 0 heterocycles. The molecule has 0 amide bonds. The molecule has 0 aromatic carbocycles. The Morgan fingerprint density at radius 1 is 0.273 bits per heavy atom. The van der Waals surface area contributed by atoms with Crippen molar-refractivity contribution in [1.29, 1.82) is 0 Å². The molecule has 6 nitrogen and oxygen atoms in total. The summed E-state index contributed by atoms with van der Waals surface area (Å²) in [5.74, 6) is -1.14. The van der Waals surface area contributed by atoms with E-state index in [1.807, 2.05) is 6.08 Å². The third-order valence-electron chi connectivity index (χ3n) is 11.6. The van der Waals surface area contributed by atoms with Gasteiger partial charge in [0.05, 0.1) is 6.42 Å². The van der Waals surface area contributed by atoms with Gasteiger partial charge in [-0.15, -0.1) is 0 Å². The van der Waals surface area contributed by atoms with Crippen LogP contribution in [0.3, 0.4) is 0 Å². The Labute approximate surface area is 471 Å². The van der Waals surface area contributed by atoms with Crippen LogP contribution in [0, 0.1) is 0 Å². The van der Waals surface area contributed by atoms with Crippen molar-refractivity contribution in [2.75, 3.05) is 13.2 Å². The van der Waals surface area contributed by atoms with E-state index in [1.165, 1.54) is 19.3 Å². The van der Waals surface area contributed by atoms with Gasteiger partial charge in [-0.2, -0.15) is 0 Å². The van der Waals surface area contributed by atoms with E-state index < -0.39 is 12.1 Å². The fourth-order valence-electron chi connectivity index (χ4n) is 7.25. The normalized spacial score (nSPS) is 13.5. The Bertz CT molecular complexity index is 1880. The number of rotatable bonds is 51. The van der Waals surface area contributed by atoms with Crippen LogP contribution < -0.4 is 0 Å². The minimum atomic E-state index is -0.867. The van der Waals surface area contributed by atoms with Gasteiger partial charge in [0.15, 0.2) is 6.10 Å². The van der Waals surface area contributed by atoms with Crippen LogP contribution >= 0.6 is 0 Å². The van der Waals surface area contributed by atoms with Gasteiger partial charge in [-0.25, -0.2) is 0 Å². The van der Waals surface area contributed by atoms with Crippen molar-refractivity contribution in [2.24, 2.45) is 0 Å². The van der Waals surface area contributed by atoms with Crippen LogP contribution in [0.2, 0.25) is 0 Å². The minimum Gasteiger partial charge on any atom is -0.462 e. The van der Waals surface area contributed by atoms with Crippen molar-refractivity contribution in [2.45, 2.75) is 219 Å². The Morgan fingerprint density at radius 3 is 0.818 bits per heavy atom. The fraction of sp³-hybridized carbons (Fsp3) is 0.507. The fourth-order valence-corrected chi connectivity index (χ4v) is 7.25. The van der Waals surface area contributed by atoms with Gasteiger partial charge in [0.1, 0.15) is 13.2 Å². The number of carbonyl (C=O) groups is 3. The third kappa shape index (κ3) is 61.0. The summed E-state index contributed by atoms with van der Waals surface area (Å²) >= 11 is 0. The summed E-state index contributed by atoms with van der Waals surface area (Å²) in [6.45, 7) is 6.14. The molecule has 0 saturated carbocycles. The van der Waals surface area contributed by atoms with E-state index in [-0.39, 0.29) is 38.0 Å². The molecule has 0 rings (SSSR count). The van der Waals surface area contributed by atoms with E-state index in [2.05, 4.69) is 203 Å². The largest absolute Gasteiger partial charge is 0.462 e. The van der Waals surface area contributed by atoms with Crippen molar-refractivity contribution in [3.8, 4) is 0 Å². The van der Waals surface area contributed by atoms with Crippen molar-refractivity contribution in [1.82, 2.24) is 0 Å². The van der Waals surface area contributed by atoms with Crippen LogP contribution in [0.5, 0.6) is 0 Å². The summed E-state index contributed by atoms with van der Waals surface area (Å²) < 4.78 is 16.7. The number of hydrogen-bond donors (Lipinski definition) is 0. The maximum absolute atomic E-state index is 12.8. The first-order valence-electron chi connectivity index (χ1n) is 29.9. The zero-order valence-corrected chi connectivity index (χ0v) is 48.6. The van der Waals surface area contributed by atoms with Gasteiger partial charge < -0.3 is 14.2 Å². The summed E-state index contributed by atoms with van der Waals surface area (Å²) in [5.41, 5.74) is 0. The Hall–Kier alpha value is -5.75. The Kier molecular flexibility index (Phi) is 58.1. The predicted octanol–water partition coefficient (Wildman–Crippen LogP) is 20.6. The highest BCUT2D eigenvalue weighted by atomic mass is 16.6. The molecule has 0 aromatic rings. The summed E-state index contributed by atoms with van der Waals surface area (Å²) in [4.78, 5) is 38.1. The summed E-state index contributed by atoms with van der Waals surface area (Å²) in [6, 6.07) is 0. The lowest BCUT2D eigenvalue weighted by Crippen LogP contribution is -2.30. The lowest BCUT2D eigenvalue weighted by atomic mass is 10.1. The van der Waals surface area contributed by atoms with Crippen molar-refractivity contribution in [3.05, 3.63) is 194 Å². The van der Waals surface area contributed by atoms with Crippen LogP contribution in [0.4, 0.5) is 0 Å². The molecular formula is C71H106O6. The van der Waals surface area contributed by atoms with Crippen molar-refractivity contribution < 1.29 is 28.6 Å². The molecule has 1 unspecified atom stereocenters. The first-order valence-corrected chi connectivity index (χ1v) is 29.9. The van der Waals surface area contributed by atoms with E-state index in [0.29, 0.717) is 19.3 Å². The lowest BCUT2D eigenvalue weighted by molar-refractivity contribution is -0.166. The second-order valence-electron chi connectivity index (χ2n) is 18.8. The topological polar surface area (TPSA) is 78.9 Å². The Balaban J connectivity index is 4.49. The van der Waals surface area contributed by atoms with Crippen LogP contribution in [-0.4, -0.2) is 37.2 Å². The molecule has 6 heteroatoms. The molecule has 0 aliphatic heterocycles. The van der Waals surface area contributed by atoms with E-state index in [0.717, 1.165) is 141 Å². The van der Waals surface area contributed by atoms with Gasteiger partial charge in [-0.1, -0.05) is 247 Å². The monoisotopic (exact) mass is 1050 g/mol. The van der Waals surface area contributed by atoms with Gasteiger partial charge in [0, 0.05) is 12.8 Å². The molecule has 0 spiro atoms. The average molecular weight is 1060 g/mol. The van der Waals surface area contributed by atoms with Gasteiger partial charge in [0.2, 0.25) is 0 Å².